The van der Waals surface area contributed by atoms with E-state index in [1.807, 2.05) is 102 Å². The molecule has 14 aromatic rings. The van der Waals surface area contributed by atoms with Crippen molar-refractivity contribution in [3.05, 3.63) is 277 Å². The maximum Gasteiger partial charge on any atom is 0.333 e. The summed E-state index contributed by atoms with van der Waals surface area (Å²) in [6.07, 6.45) is 5.31. The molecule has 0 aliphatic heterocycles. The first kappa shape index (κ1) is 107. The van der Waals surface area contributed by atoms with E-state index in [2.05, 4.69) is 30.6 Å². The predicted molar refractivity (Wildman–Crippen MR) is 520 cm³/mol. The van der Waals surface area contributed by atoms with E-state index in [-0.39, 0.29) is 145 Å². The molecule has 0 saturated heterocycles. The largest absolute Gasteiger partial charge is 0.496 e. The number of aryl methyl sites for hydroxylation is 3. The van der Waals surface area contributed by atoms with Gasteiger partial charge in [-0.2, -0.15) is 30.6 Å². The van der Waals surface area contributed by atoms with Crippen LogP contribution >= 0.6 is 34.0 Å². The highest BCUT2D eigenvalue weighted by Gasteiger charge is 2.41. The number of methoxy groups -OCH3 is 3. The summed E-state index contributed by atoms with van der Waals surface area (Å²) in [6, 6.07) is 29.8. The maximum atomic E-state index is 14.7. The summed E-state index contributed by atoms with van der Waals surface area (Å²) in [4.78, 5) is 165. The first-order valence-corrected chi connectivity index (χ1v) is 47.0. The Bertz CT molecular complexity index is 7260. The number of thiophene rings is 3. The lowest BCUT2D eigenvalue weighted by Gasteiger charge is -2.28. The number of carboxylic acid groups (broad SMARTS) is 1. The van der Waals surface area contributed by atoms with E-state index in [0.29, 0.717) is 38.3 Å². The van der Waals surface area contributed by atoms with Gasteiger partial charge < -0.3 is 48.5 Å². The monoisotopic (exact) mass is 2000 g/mol. The van der Waals surface area contributed by atoms with Crippen LogP contribution in [-0.4, -0.2) is 164 Å². The number of halogens is 3. The summed E-state index contributed by atoms with van der Waals surface area (Å²) < 4.78 is 87.8. The minimum absolute atomic E-state index is 0.0195. The third kappa shape index (κ3) is 24.3. The molecule has 43 heteroatoms. The SMILES string of the molecule is COc1ccc(F)cc1[C@@H](Cn1c(=O)n(C(C)(C)C(=O)CC(C)C)c(=O)c2c(C)c(-n3nccn3)sc21)OC(=O)CO.COc1ccc(F)cc1[C@@H](Cn1c(=O)n(C(C)(C)C(=O)CC(C)C)c(=O)c2c(C)c(-n3nccn3)sc21)OC(=O)COCc1ccccc1.COc1ccc(F)cc1[C@@H](O)Cn1c(=O)n(C(C)(C)C(=O)CC(C)C)c(=O)c2c(C)c(-n3nccn3)sc21.O=C(O)COCc1ccccc1. The number of aliphatic hydroxyl groups excluding tert-OH is 2. The molecule has 9 heterocycles. The number of esters is 2. The van der Waals surface area contributed by atoms with Crippen LogP contribution in [0.5, 0.6) is 17.2 Å². The average Bonchev–Trinajstić information content (AvgIpc) is 1.60. The molecule has 14 rings (SSSR count). The summed E-state index contributed by atoms with van der Waals surface area (Å²) in [5, 5.41) is 55.9. The van der Waals surface area contributed by atoms with Gasteiger partial charge in [0.25, 0.3) is 16.7 Å². The number of aromatic nitrogens is 15. The molecular weight excluding hydrogens is 1890 g/mol. The lowest BCUT2D eigenvalue weighted by molar-refractivity contribution is -0.156. The Hall–Kier alpha value is -14.1. The molecule has 0 aliphatic rings. The van der Waals surface area contributed by atoms with Crippen molar-refractivity contribution in [3.8, 4) is 32.3 Å². The molecule has 0 fully saturated rings. The molecule has 0 radical (unpaired) electrons. The summed E-state index contributed by atoms with van der Waals surface area (Å²) >= 11 is 3.26. The molecule has 141 heavy (non-hydrogen) atoms. The lowest BCUT2D eigenvalue weighted by atomic mass is 9.91. The highest BCUT2D eigenvalue weighted by Crippen LogP contribution is 2.40. The second-order valence-corrected chi connectivity index (χ2v) is 38.5. The van der Waals surface area contributed by atoms with E-state index in [0.717, 1.165) is 83.1 Å². The van der Waals surface area contributed by atoms with Crippen LogP contribution in [0.3, 0.4) is 0 Å². The number of benzene rings is 5. The van der Waals surface area contributed by atoms with Gasteiger partial charge >= 0.3 is 35.0 Å². The summed E-state index contributed by atoms with van der Waals surface area (Å²) in [7, 11) is 4.13. The minimum Gasteiger partial charge on any atom is -0.496 e. The van der Waals surface area contributed by atoms with Crippen LogP contribution in [-0.2, 0) is 97.2 Å². The summed E-state index contributed by atoms with van der Waals surface area (Å²) in [6.45, 7) is 23.3. The number of aliphatic hydroxyl groups is 2. The first-order valence-electron chi connectivity index (χ1n) is 44.5. The van der Waals surface area contributed by atoms with Crippen molar-refractivity contribution in [2.24, 2.45) is 17.8 Å². The Morgan fingerprint density at radius 1 is 0.411 bits per heavy atom. The van der Waals surface area contributed by atoms with Gasteiger partial charge in [-0.1, -0.05) is 136 Å². The number of ketones is 3. The molecule has 0 spiro atoms. The van der Waals surface area contributed by atoms with Crippen molar-refractivity contribution in [2.45, 2.75) is 191 Å². The van der Waals surface area contributed by atoms with Crippen LogP contribution < -0.4 is 48.0 Å². The lowest BCUT2D eigenvalue weighted by Crippen LogP contribution is -2.53. The zero-order chi connectivity index (χ0) is 103. The van der Waals surface area contributed by atoms with E-state index < -0.39 is 124 Å². The van der Waals surface area contributed by atoms with E-state index in [9.17, 15) is 80.9 Å². The summed E-state index contributed by atoms with van der Waals surface area (Å²) in [5.41, 5.74) is -5.20. The molecule has 5 aromatic carbocycles. The molecule has 0 aliphatic carbocycles. The maximum absolute atomic E-state index is 14.7. The number of Topliss-reactive ketones (excluding diaryl/α,β-unsaturated/α-hetero) is 3. The number of carbonyl (C=O) groups excluding carboxylic acids is 5. The number of carbonyl (C=O) groups is 6. The van der Waals surface area contributed by atoms with Crippen LogP contribution in [0.25, 0.3) is 45.7 Å². The second kappa shape index (κ2) is 46.3. The van der Waals surface area contributed by atoms with Gasteiger partial charge in [0.2, 0.25) is 0 Å². The quantitative estimate of drug-likeness (QED) is 0.0303. The van der Waals surface area contributed by atoms with Crippen LogP contribution in [0.4, 0.5) is 13.2 Å². The third-order valence-corrected chi connectivity index (χ3v) is 26.7. The van der Waals surface area contributed by atoms with E-state index >= 15 is 0 Å². The molecular formula is C98H110F3N15O22S3. The molecule has 0 amide bonds. The number of rotatable bonds is 38. The van der Waals surface area contributed by atoms with Crippen LogP contribution in [0, 0.1) is 56.0 Å². The van der Waals surface area contributed by atoms with Crippen molar-refractivity contribution in [3.63, 3.8) is 0 Å². The van der Waals surface area contributed by atoms with Gasteiger partial charge in [0.05, 0.1) is 108 Å². The number of aliphatic carboxylic acids is 1. The molecule has 0 saturated carbocycles. The second-order valence-electron chi connectivity index (χ2n) is 35.6. The molecule has 748 valence electrons. The van der Waals surface area contributed by atoms with Gasteiger partial charge in [-0.25, -0.2) is 55.6 Å². The van der Waals surface area contributed by atoms with Crippen molar-refractivity contribution < 1.29 is 90.4 Å². The molecule has 0 bridgehead atoms. The number of hydrogen-bond acceptors (Lipinski definition) is 30. The Labute approximate surface area is 817 Å². The van der Waals surface area contributed by atoms with Gasteiger partial charge in [-0.05, 0) is 146 Å². The van der Waals surface area contributed by atoms with Gasteiger partial charge in [0.15, 0.2) is 17.3 Å². The molecule has 37 nitrogen and oxygen atoms in total. The summed E-state index contributed by atoms with van der Waals surface area (Å²) in [5.74, 6) is -4.92. The van der Waals surface area contributed by atoms with Gasteiger partial charge in [0.1, 0.15) is 119 Å². The fourth-order valence-corrected chi connectivity index (χ4v) is 19.3. The highest BCUT2D eigenvalue weighted by atomic mass is 32.1. The van der Waals surface area contributed by atoms with E-state index in [4.69, 9.17) is 38.3 Å². The molecule has 0 unspecified atom stereocenters. The van der Waals surface area contributed by atoms with Crippen molar-refractivity contribution in [1.82, 2.24) is 72.4 Å². The molecule has 9 aromatic heterocycles. The molecule has 3 atom stereocenters. The number of nitrogens with zero attached hydrogens (tertiary/aromatic N) is 15. The minimum atomic E-state index is -1.54. The Balaban J connectivity index is 0.000000191. The van der Waals surface area contributed by atoms with Crippen LogP contribution in [0.1, 0.15) is 165 Å². The van der Waals surface area contributed by atoms with Gasteiger partial charge in [-0.3, -0.25) is 42.5 Å². The van der Waals surface area contributed by atoms with Crippen LogP contribution in [0.15, 0.2) is 181 Å². The van der Waals surface area contributed by atoms with E-state index in [1.54, 1.807) is 34.6 Å². The Morgan fingerprint density at radius 2 is 0.702 bits per heavy atom. The molecule has 3 N–H and O–H groups in total. The van der Waals surface area contributed by atoms with Crippen molar-refractivity contribution in [1.29, 1.82) is 0 Å². The first-order chi connectivity index (χ1) is 66.8. The topological polar surface area (TPSA) is 452 Å². The number of fused-ring (bicyclic) bond motifs is 3. The van der Waals surface area contributed by atoms with Gasteiger partial charge in [0, 0.05) is 52.6 Å². The predicted octanol–water partition coefficient (Wildman–Crippen LogP) is 12.6. The normalized spacial score (nSPS) is 12.4. The fourth-order valence-electron chi connectivity index (χ4n) is 15.7. The Kier molecular flexibility index (Phi) is 35.3. The zero-order valence-electron chi connectivity index (χ0n) is 80.8. The fraction of sp³-hybridized carbons (Fsp3) is 0.388. The van der Waals surface area contributed by atoms with Crippen molar-refractivity contribution in [2.75, 3.05) is 41.2 Å². The smallest absolute Gasteiger partial charge is 0.333 e. The number of hydrogen-bond donors (Lipinski definition) is 3. The highest BCUT2D eigenvalue weighted by molar-refractivity contribution is 7.22. The average molecular weight is 2000 g/mol. The number of carboxylic acids is 1. The number of ether oxygens (including phenoxy) is 7. The van der Waals surface area contributed by atoms with Crippen LogP contribution in [0.2, 0.25) is 0 Å². The zero-order valence-corrected chi connectivity index (χ0v) is 83.3. The standard InChI is InChI=1S/C35H38FN5O7S.C28H32FN5O7S.C26H30FN5O5S.C9H10O3/c1-21(2)16-28(42)35(4,5)40-31(44)30-22(3)32(41-37-14-15-38-41)49-33(30)39(34(40)45)18-27(25-17-24(36)12-13-26(25)46-6)48-29(43)20-47-19-23-10-8-7-9-11-23;1-15(2)11-21(36)28(4,5)33-24(38)23-16(3)25(34-30-9-10-31-34)42-26(23)32(27(33)39)13-20(41-22(37)14-35)18-12-17(29)7-8-19(18)40-6;1-14(2)11-20(34)26(4,5)31-22(35)21-15(3)23(32-28-9-10-29-32)38-24(21)30(25(31)36)13-18(33)17-12-16(27)7-8-19(17)37-6;10-9(11)7-12-6-8-4-2-1-3-5-8/h7-15,17,21,27H,16,18-20H2,1-6H3;7-10,12,15,20,35H,11,13-14H2,1-6H3;7-10,12,14,18,33H,11,13H2,1-6H3;1-5H,6-7H2,(H,10,11)/t27-;20-;18-;/m110./s1. The van der Waals surface area contributed by atoms with Gasteiger partial charge in [-0.15, -0.1) is 14.4 Å². The Morgan fingerprint density at radius 3 is 1.00 bits per heavy atom. The van der Waals surface area contributed by atoms with E-state index in [1.165, 1.54) is 145 Å². The van der Waals surface area contributed by atoms with Crippen molar-refractivity contribution >= 4 is 99.9 Å². The third-order valence-electron chi connectivity index (χ3n) is 22.9.